The quantitative estimate of drug-likeness (QED) is 0.799. The molecule has 5 nitrogen and oxygen atoms in total. The first-order valence-corrected chi connectivity index (χ1v) is 6.67. The monoisotopic (exact) mass is 258 g/mol. The smallest absolute Gasteiger partial charge is 0.227 e. The van der Waals surface area contributed by atoms with Gasteiger partial charge >= 0.3 is 0 Å². The van der Waals surface area contributed by atoms with Crippen LogP contribution in [0.5, 0.6) is 0 Å². The van der Waals surface area contributed by atoms with Crippen molar-refractivity contribution in [3.8, 4) is 0 Å². The summed E-state index contributed by atoms with van der Waals surface area (Å²) in [5, 5.41) is 10.6. The number of para-hydroxylation sites is 1. The number of rotatable bonds is 5. The highest BCUT2D eigenvalue weighted by molar-refractivity contribution is 5.61. The number of hydrogen-bond acceptors (Lipinski definition) is 5. The first-order chi connectivity index (χ1) is 9.33. The molecular weight excluding hydrogens is 240 g/mol. The van der Waals surface area contributed by atoms with Crippen molar-refractivity contribution < 1.29 is 4.52 Å². The maximum Gasteiger partial charge on any atom is 0.227 e. The Hall–Kier alpha value is -1.88. The third-order valence-corrected chi connectivity index (χ3v) is 3.33. The molecule has 19 heavy (non-hydrogen) atoms. The zero-order valence-electron chi connectivity index (χ0n) is 11.1. The normalized spacial score (nSPS) is 13.3. The molecule has 5 heteroatoms. The molecule has 0 unspecified atom stereocenters. The third-order valence-electron chi connectivity index (χ3n) is 3.33. The van der Waals surface area contributed by atoms with Crippen molar-refractivity contribution in [3.05, 3.63) is 41.0 Å². The Morgan fingerprint density at radius 3 is 3.21 bits per heavy atom. The van der Waals surface area contributed by atoms with E-state index in [0.717, 1.165) is 32.5 Å². The summed E-state index contributed by atoms with van der Waals surface area (Å²) in [5.41, 5.74) is 4.06. The fourth-order valence-corrected chi connectivity index (χ4v) is 2.42. The summed E-state index contributed by atoms with van der Waals surface area (Å²) in [7, 11) is 0. The molecule has 2 aromatic rings. The van der Waals surface area contributed by atoms with E-state index in [4.69, 9.17) is 4.52 Å². The molecule has 1 aliphatic heterocycles. The number of hydrogen-bond donors (Lipinski definition) is 2. The molecule has 2 N–H and O–H groups in total. The van der Waals surface area contributed by atoms with Gasteiger partial charge in [0.1, 0.15) is 0 Å². The van der Waals surface area contributed by atoms with Gasteiger partial charge in [-0.3, -0.25) is 0 Å². The topological polar surface area (TPSA) is 63.0 Å². The van der Waals surface area contributed by atoms with Gasteiger partial charge in [-0.05, 0) is 24.5 Å². The molecule has 1 aliphatic rings. The van der Waals surface area contributed by atoms with Crippen molar-refractivity contribution in [3.63, 3.8) is 0 Å². The first kappa shape index (κ1) is 12.2. The van der Waals surface area contributed by atoms with E-state index in [-0.39, 0.29) is 0 Å². The van der Waals surface area contributed by atoms with E-state index in [0.29, 0.717) is 11.7 Å². The first-order valence-electron chi connectivity index (χ1n) is 6.67. The second kappa shape index (κ2) is 5.40. The summed E-state index contributed by atoms with van der Waals surface area (Å²) in [6, 6.07) is 6.49. The van der Waals surface area contributed by atoms with E-state index >= 15 is 0 Å². The van der Waals surface area contributed by atoms with Gasteiger partial charge in [0.2, 0.25) is 5.89 Å². The molecule has 2 heterocycles. The van der Waals surface area contributed by atoms with Crippen molar-refractivity contribution in [1.29, 1.82) is 0 Å². The molecule has 0 aliphatic carbocycles. The number of anilines is 1. The lowest BCUT2D eigenvalue weighted by Gasteiger charge is -2.09. The summed E-state index contributed by atoms with van der Waals surface area (Å²) in [5.74, 6) is 1.39. The van der Waals surface area contributed by atoms with Crippen molar-refractivity contribution in [2.24, 2.45) is 0 Å². The Balaban J connectivity index is 1.52. The van der Waals surface area contributed by atoms with Crippen molar-refractivity contribution >= 4 is 5.69 Å². The highest BCUT2D eigenvalue weighted by atomic mass is 16.5. The van der Waals surface area contributed by atoms with Crippen LogP contribution in [0, 0.1) is 6.92 Å². The zero-order chi connectivity index (χ0) is 13.1. The van der Waals surface area contributed by atoms with Gasteiger partial charge in [-0.1, -0.05) is 23.4 Å². The van der Waals surface area contributed by atoms with Crippen LogP contribution in [-0.2, 0) is 19.4 Å². The lowest BCUT2D eigenvalue weighted by molar-refractivity contribution is 0.372. The second-order valence-electron chi connectivity index (χ2n) is 4.79. The summed E-state index contributed by atoms with van der Waals surface area (Å²) in [4.78, 5) is 4.18. The van der Waals surface area contributed by atoms with Gasteiger partial charge in [0.25, 0.3) is 0 Å². The van der Waals surface area contributed by atoms with E-state index in [9.17, 15) is 0 Å². The average Bonchev–Trinajstić information content (AvgIpc) is 3.03. The van der Waals surface area contributed by atoms with Crippen LogP contribution in [0.15, 0.2) is 22.7 Å². The van der Waals surface area contributed by atoms with Crippen LogP contribution in [0.3, 0.4) is 0 Å². The molecule has 3 rings (SSSR count). The van der Waals surface area contributed by atoms with Crippen LogP contribution >= 0.6 is 0 Å². The summed E-state index contributed by atoms with van der Waals surface area (Å²) < 4.78 is 5.08. The van der Waals surface area contributed by atoms with Gasteiger partial charge in [-0.15, -0.1) is 0 Å². The highest BCUT2D eigenvalue weighted by Crippen LogP contribution is 2.26. The van der Waals surface area contributed by atoms with Crippen molar-refractivity contribution in [2.45, 2.75) is 26.3 Å². The van der Waals surface area contributed by atoms with E-state index in [2.05, 4.69) is 39.0 Å². The van der Waals surface area contributed by atoms with Crippen LogP contribution in [-0.4, -0.2) is 23.2 Å². The Bertz CT molecular complexity index is 564. The van der Waals surface area contributed by atoms with Crippen LogP contribution in [0.1, 0.15) is 22.8 Å². The maximum atomic E-state index is 5.08. The molecule has 0 radical (unpaired) electrons. The SMILES string of the molecule is Cc1noc(CCNCc2cccc3c2NCC3)n1. The largest absolute Gasteiger partial charge is 0.384 e. The number of nitrogens with one attached hydrogen (secondary N) is 2. The Kier molecular flexibility index (Phi) is 3.46. The summed E-state index contributed by atoms with van der Waals surface area (Å²) in [6.07, 6.45) is 1.90. The van der Waals surface area contributed by atoms with Gasteiger partial charge in [0, 0.05) is 31.7 Å². The van der Waals surface area contributed by atoms with Gasteiger partial charge < -0.3 is 15.2 Å². The number of nitrogens with zero attached hydrogens (tertiary/aromatic N) is 2. The van der Waals surface area contributed by atoms with Crippen molar-refractivity contribution in [1.82, 2.24) is 15.5 Å². The lowest BCUT2D eigenvalue weighted by Crippen LogP contribution is -2.17. The fourth-order valence-electron chi connectivity index (χ4n) is 2.42. The van der Waals surface area contributed by atoms with Gasteiger partial charge in [-0.25, -0.2) is 0 Å². The molecular formula is C14H18N4O. The molecule has 0 amide bonds. The molecule has 1 aromatic heterocycles. The summed E-state index contributed by atoms with van der Waals surface area (Å²) >= 11 is 0. The van der Waals surface area contributed by atoms with Crippen molar-refractivity contribution in [2.75, 3.05) is 18.4 Å². The zero-order valence-corrected chi connectivity index (χ0v) is 11.1. The lowest BCUT2D eigenvalue weighted by atomic mass is 10.1. The average molecular weight is 258 g/mol. The van der Waals surface area contributed by atoms with Crippen LogP contribution < -0.4 is 10.6 Å². The fraction of sp³-hybridized carbons (Fsp3) is 0.429. The summed E-state index contributed by atoms with van der Waals surface area (Å²) in [6.45, 7) is 4.58. The number of fused-ring (bicyclic) bond motifs is 1. The number of benzene rings is 1. The predicted molar refractivity (Wildman–Crippen MR) is 73.1 cm³/mol. The van der Waals surface area contributed by atoms with Gasteiger partial charge in [-0.2, -0.15) is 4.98 Å². The highest BCUT2D eigenvalue weighted by Gasteiger charge is 2.12. The molecule has 100 valence electrons. The van der Waals surface area contributed by atoms with E-state index < -0.39 is 0 Å². The molecule has 1 aromatic carbocycles. The predicted octanol–water partition coefficient (Wildman–Crippen LogP) is 1.68. The minimum atomic E-state index is 0.695. The van der Waals surface area contributed by atoms with E-state index in [1.165, 1.54) is 16.8 Å². The number of aromatic nitrogens is 2. The molecule has 0 fully saturated rings. The van der Waals surface area contributed by atoms with E-state index in [1.54, 1.807) is 0 Å². The third kappa shape index (κ3) is 2.76. The Morgan fingerprint density at radius 1 is 1.42 bits per heavy atom. The molecule has 0 spiro atoms. The van der Waals surface area contributed by atoms with Crippen LogP contribution in [0.4, 0.5) is 5.69 Å². The minimum Gasteiger partial charge on any atom is -0.384 e. The Morgan fingerprint density at radius 2 is 2.37 bits per heavy atom. The number of aryl methyl sites for hydroxylation is 1. The van der Waals surface area contributed by atoms with Crippen LogP contribution in [0.2, 0.25) is 0 Å². The maximum absolute atomic E-state index is 5.08. The van der Waals surface area contributed by atoms with Gasteiger partial charge in [0.15, 0.2) is 5.82 Å². The second-order valence-corrected chi connectivity index (χ2v) is 4.79. The van der Waals surface area contributed by atoms with Crippen LogP contribution in [0.25, 0.3) is 0 Å². The molecule has 0 saturated carbocycles. The Labute approximate surface area is 112 Å². The molecule has 0 atom stereocenters. The van der Waals surface area contributed by atoms with E-state index in [1.807, 2.05) is 6.92 Å². The standard InChI is InChI=1S/C14H18N4O/c1-10-17-13(19-18-10)6-7-15-9-12-4-2-3-11-5-8-16-14(11)12/h2-4,15-16H,5-9H2,1H3. The van der Waals surface area contributed by atoms with Gasteiger partial charge in [0.05, 0.1) is 0 Å². The molecule has 0 bridgehead atoms. The molecule has 0 saturated heterocycles. The minimum absolute atomic E-state index is 0.695.